The Morgan fingerprint density at radius 2 is 1.93 bits per heavy atom. The van der Waals surface area contributed by atoms with E-state index in [0.29, 0.717) is 31.5 Å². The molecule has 2 heterocycles. The lowest BCUT2D eigenvalue weighted by Crippen LogP contribution is -2.35. The third-order valence-electron chi connectivity index (χ3n) is 5.12. The predicted molar refractivity (Wildman–Crippen MR) is 115 cm³/mol. The van der Waals surface area contributed by atoms with Gasteiger partial charge in [0, 0.05) is 31.4 Å². The molecule has 1 amide bonds. The van der Waals surface area contributed by atoms with Crippen LogP contribution in [0.1, 0.15) is 46.1 Å². The maximum atomic E-state index is 13.4. The highest BCUT2D eigenvalue weighted by molar-refractivity contribution is 7.91. The molecule has 1 aromatic carbocycles. The van der Waals surface area contributed by atoms with Crippen LogP contribution in [0.2, 0.25) is 0 Å². The Bertz CT molecular complexity index is 1030. The van der Waals surface area contributed by atoms with Crippen LogP contribution in [0, 0.1) is 0 Å². The van der Waals surface area contributed by atoms with Crippen molar-refractivity contribution in [3.8, 4) is 0 Å². The Morgan fingerprint density at radius 3 is 2.57 bits per heavy atom. The number of fused-ring (bicyclic) bond motifs is 1. The molecule has 3 rings (SSSR count). The standard InChI is InChI=1S/C21H26N2O5S2/c1-4-8-18(24)23-12-11-16-17(14-23)29-21(19(16)20(25)28-3)30(26,27)22(2)13-15-9-6-5-7-10-15/h5-7,9-10H,4,8,11-14H2,1-3H3. The number of ether oxygens (including phenoxy) is 1. The minimum Gasteiger partial charge on any atom is -0.465 e. The molecule has 0 atom stereocenters. The summed E-state index contributed by atoms with van der Waals surface area (Å²) >= 11 is 1.07. The Balaban J connectivity index is 1.98. The fourth-order valence-electron chi connectivity index (χ4n) is 3.52. The number of thiophene rings is 1. The molecule has 0 saturated carbocycles. The van der Waals surface area contributed by atoms with Gasteiger partial charge in [0.05, 0.1) is 19.2 Å². The number of sulfonamides is 1. The van der Waals surface area contributed by atoms with Crippen molar-refractivity contribution in [3.63, 3.8) is 0 Å². The van der Waals surface area contributed by atoms with Gasteiger partial charge in [0.2, 0.25) is 5.91 Å². The number of hydrogen-bond donors (Lipinski definition) is 0. The molecule has 0 saturated heterocycles. The van der Waals surface area contributed by atoms with Crippen molar-refractivity contribution in [1.82, 2.24) is 9.21 Å². The summed E-state index contributed by atoms with van der Waals surface area (Å²) in [6.45, 7) is 2.92. The van der Waals surface area contributed by atoms with E-state index in [1.54, 1.807) is 4.90 Å². The molecule has 1 aliphatic heterocycles. The minimum absolute atomic E-state index is 0.0115. The van der Waals surface area contributed by atoms with Gasteiger partial charge in [-0.05, 0) is 24.0 Å². The Kier molecular flexibility index (Phi) is 6.95. The zero-order chi connectivity index (χ0) is 21.9. The zero-order valence-corrected chi connectivity index (χ0v) is 19.0. The number of rotatable bonds is 7. The third kappa shape index (κ3) is 4.43. The number of carbonyl (C=O) groups excluding carboxylic acids is 2. The molecule has 0 unspecified atom stereocenters. The Morgan fingerprint density at radius 1 is 1.23 bits per heavy atom. The maximum Gasteiger partial charge on any atom is 0.340 e. The average molecular weight is 451 g/mol. The fourth-order valence-corrected chi connectivity index (χ4v) is 6.77. The third-order valence-corrected chi connectivity index (χ3v) is 8.64. The first-order chi connectivity index (χ1) is 14.3. The highest BCUT2D eigenvalue weighted by Gasteiger charge is 2.36. The van der Waals surface area contributed by atoms with Gasteiger partial charge in [-0.25, -0.2) is 13.2 Å². The maximum absolute atomic E-state index is 13.4. The zero-order valence-electron chi connectivity index (χ0n) is 17.4. The summed E-state index contributed by atoms with van der Waals surface area (Å²) in [5.74, 6) is -0.616. The first-order valence-electron chi connectivity index (χ1n) is 9.80. The van der Waals surface area contributed by atoms with Gasteiger partial charge >= 0.3 is 5.97 Å². The first-order valence-corrected chi connectivity index (χ1v) is 12.1. The molecule has 7 nitrogen and oxygen atoms in total. The summed E-state index contributed by atoms with van der Waals surface area (Å²) in [5, 5.41) is 0. The molecule has 0 fully saturated rings. The van der Waals surface area contributed by atoms with Gasteiger partial charge in [-0.1, -0.05) is 37.3 Å². The predicted octanol–water partition coefficient (Wildman–Crippen LogP) is 3.04. The van der Waals surface area contributed by atoms with E-state index in [4.69, 9.17) is 4.74 Å². The van der Waals surface area contributed by atoms with E-state index >= 15 is 0 Å². The number of esters is 1. The van der Waals surface area contributed by atoms with E-state index in [1.807, 2.05) is 37.3 Å². The van der Waals surface area contributed by atoms with E-state index < -0.39 is 16.0 Å². The molecular formula is C21H26N2O5S2. The minimum atomic E-state index is -3.92. The van der Waals surface area contributed by atoms with Gasteiger partial charge in [0.25, 0.3) is 10.0 Å². The fraction of sp³-hybridized carbons (Fsp3) is 0.429. The highest BCUT2D eigenvalue weighted by Crippen LogP contribution is 2.38. The van der Waals surface area contributed by atoms with Crippen molar-refractivity contribution in [3.05, 3.63) is 51.9 Å². The van der Waals surface area contributed by atoms with Crippen molar-refractivity contribution in [2.24, 2.45) is 0 Å². The van der Waals surface area contributed by atoms with Gasteiger partial charge < -0.3 is 9.64 Å². The van der Waals surface area contributed by atoms with E-state index in [1.165, 1.54) is 18.5 Å². The van der Waals surface area contributed by atoms with Gasteiger partial charge in [-0.3, -0.25) is 4.79 Å². The van der Waals surface area contributed by atoms with Crippen LogP contribution in [0.25, 0.3) is 0 Å². The quantitative estimate of drug-likeness (QED) is 0.606. The number of nitrogens with zero attached hydrogens (tertiary/aromatic N) is 2. The number of methoxy groups -OCH3 is 1. The lowest BCUT2D eigenvalue weighted by molar-refractivity contribution is -0.132. The van der Waals surface area contributed by atoms with Crippen molar-refractivity contribution < 1.29 is 22.7 Å². The molecule has 1 aromatic heterocycles. The van der Waals surface area contributed by atoms with Crippen LogP contribution >= 0.6 is 11.3 Å². The van der Waals surface area contributed by atoms with Crippen LogP contribution in [0.15, 0.2) is 34.5 Å². The molecule has 9 heteroatoms. The number of benzene rings is 1. The number of amides is 1. The Labute approximate surface area is 181 Å². The van der Waals surface area contributed by atoms with Gasteiger partial charge in [0.1, 0.15) is 4.21 Å². The van der Waals surface area contributed by atoms with E-state index in [-0.39, 0.29) is 22.2 Å². The van der Waals surface area contributed by atoms with Gasteiger partial charge in [-0.2, -0.15) is 4.31 Å². The van der Waals surface area contributed by atoms with Crippen LogP contribution < -0.4 is 0 Å². The van der Waals surface area contributed by atoms with Crippen LogP contribution in [0.3, 0.4) is 0 Å². The van der Waals surface area contributed by atoms with Crippen molar-refractivity contribution in [1.29, 1.82) is 0 Å². The van der Waals surface area contributed by atoms with Crippen LogP contribution in [-0.4, -0.2) is 50.2 Å². The van der Waals surface area contributed by atoms with Crippen LogP contribution in [0.5, 0.6) is 0 Å². The van der Waals surface area contributed by atoms with Crippen molar-refractivity contribution >= 4 is 33.2 Å². The summed E-state index contributed by atoms with van der Waals surface area (Å²) in [6, 6.07) is 9.27. The molecular weight excluding hydrogens is 424 g/mol. The normalized spacial score (nSPS) is 13.9. The molecule has 2 aromatic rings. The van der Waals surface area contributed by atoms with E-state index in [9.17, 15) is 18.0 Å². The van der Waals surface area contributed by atoms with Crippen molar-refractivity contribution in [2.45, 2.75) is 43.5 Å². The highest BCUT2D eigenvalue weighted by atomic mass is 32.2. The SMILES string of the molecule is CCCC(=O)N1CCc2c(sc(S(=O)(=O)N(C)Cc3ccccc3)c2C(=O)OC)C1. The molecule has 0 N–H and O–H groups in total. The molecule has 162 valence electrons. The molecule has 0 bridgehead atoms. The summed E-state index contributed by atoms with van der Waals surface area (Å²) < 4.78 is 32.9. The molecule has 0 spiro atoms. The van der Waals surface area contributed by atoms with E-state index in [0.717, 1.165) is 28.2 Å². The average Bonchev–Trinajstić information content (AvgIpc) is 3.13. The lowest BCUT2D eigenvalue weighted by atomic mass is 10.0. The second-order valence-corrected chi connectivity index (χ2v) is 10.6. The lowest BCUT2D eigenvalue weighted by Gasteiger charge is -2.27. The summed E-state index contributed by atoms with van der Waals surface area (Å²) in [5.41, 5.74) is 1.64. The van der Waals surface area contributed by atoms with Crippen molar-refractivity contribution in [2.75, 3.05) is 20.7 Å². The monoisotopic (exact) mass is 450 g/mol. The van der Waals surface area contributed by atoms with Crippen LogP contribution in [-0.2, 0) is 39.1 Å². The summed E-state index contributed by atoms with van der Waals surface area (Å²) in [7, 11) is -1.17. The summed E-state index contributed by atoms with van der Waals surface area (Å²) in [4.78, 5) is 27.3. The summed E-state index contributed by atoms with van der Waals surface area (Å²) in [6.07, 6.45) is 1.64. The molecule has 0 aliphatic carbocycles. The molecule has 1 aliphatic rings. The van der Waals surface area contributed by atoms with Gasteiger partial charge in [0.15, 0.2) is 0 Å². The topological polar surface area (TPSA) is 84.0 Å². The van der Waals surface area contributed by atoms with E-state index in [2.05, 4.69) is 0 Å². The van der Waals surface area contributed by atoms with Gasteiger partial charge in [-0.15, -0.1) is 11.3 Å². The number of carbonyl (C=O) groups is 2. The number of hydrogen-bond acceptors (Lipinski definition) is 6. The second kappa shape index (κ2) is 9.28. The Hall–Kier alpha value is -2.23. The largest absolute Gasteiger partial charge is 0.465 e. The van der Waals surface area contributed by atoms with Crippen LogP contribution in [0.4, 0.5) is 0 Å². The first kappa shape index (κ1) is 22.5. The second-order valence-electron chi connectivity index (χ2n) is 7.22. The molecule has 0 radical (unpaired) electrons. The smallest absolute Gasteiger partial charge is 0.340 e. The molecule has 30 heavy (non-hydrogen) atoms.